The molecule has 0 aliphatic rings. The second-order valence-electron chi connectivity index (χ2n) is 3.15. The van der Waals surface area contributed by atoms with Gasteiger partial charge in [-0.25, -0.2) is 0 Å². The third-order valence-corrected chi connectivity index (χ3v) is 1.85. The van der Waals surface area contributed by atoms with E-state index in [1.165, 1.54) is 12.1 Å². The van der Waals surface area contributed by atoms with Crippen LogP contribution in [-0.2, 0) is 17.4 Å². The summed E-state index contributed by atoms with van der Waals surface area (Å²) < 4.78 is 36.9. The van der Waals surface area contributed by atoms with Crippen molar-refractivity contribution in [3.05, 3.63) is 47.5 Å². The van der Waals surface area contributed by atoms with Crippen molar-refractivity contribution < 1.29 is 18.0 Å². The topological polar surface area (TPSA) is 17.1 Å². The van der Waals surface area contributed by atoms with E-state index in [0.29, 0.717) is 11.8 Å². The quantitative estimate of drug-likeness (QED) is 0.558. The number of rotatable bonds is 3. The average molecular weight is 214 g/mol. The zero-order valence-electron chi connectivity index (χ0n) is 7.84. The van der Waals surface area contributed by atoms with Crippen molar-refractivity contribution in [3.63, 3.8) is 0 Å². The van der Waals surface area contributed by atoms with Crippen LogP contribution in [0.4, 0.5) is 13.2 Å². The van der Waals surface area contributed by atoms with Gasteiger partial charge in [-0.2, -0.15) is 13.2 Å². The van der Waals surface area contributed by atoms with Gasteiger partial charge in [0.05, 0.1) is 5.56 Å². The largest absolute Gasteiger partial charge is 0.416 e. The molecule has 0 radical (unpaired) electrons. The fraction of sp³-hybridized carbons (Fsp3) is 0.182. The number of carbonyl (C=O) groups is 1. The molecule has 1 nitrogen and oxygen atoms in total. The van der Waals surface area contributed by atoms with Crippen LogP contribution in [-0.4, -0.2) is 6.29 Å². The Morgan fingerprint density at radius 1 is 1.40 bits per heavy atom. The summed E-state index contributed by atoms with van der Waals surface area (Å²) in [7, 11) is 0. The standard InChI is InChI=1S/C11H9F3O/c1-8(7-15)5-9-3-2-4-10(6-9)11(12,13)14/h2-4,6-7H,1,5H2. The number of allylic oxidation sites excluding steroid dienone is 1. The van der Waals surface area contributed by atoms with Crippen LogP contribution in [0.15, 0.2) is 36.4 Å². The van der Waals surface area contributed by atoms with Gasteiger partial charge in [0.2, 0.25) is 0 Å². The van der Waals surface area contributed by atoms with Crippen molar-refractivity contribution in [2.75, 3.05) is 0 Å². The first kappa shape index (κ1) is 11.5. The Morgan fingerprint density at radius 2 is 2.07 bits per heavy atom. The Balaban J connectivity index is 2.93. The molecule has 0 unspecified atom stereocenters. The molecule has 0 amide bonds. The number of alkyl halides is 3. The molecule has 0 aliphatic carbocycles. The number of benzene rings is 1. The van der Waals surface area contributed by atoms with E-state index in [2.05, 4.69) is 6.58 Å². The molecule has 15 heavy (non-hydrogen) atoms. The normalized spacial score (nSPS) is 11.1. The minimum atomic E-state index is -4.35. The van der Waals surface area contributed by atoms with Crippen LogP contribution in [0, 0.1) is 0 Å². The van der Waals surface area contributed by atoms with E-state index in [-0.39, 0.29) is 12.0 Å². The number of aldehydes is 1. The van der Waals surface area contributed by atoms with Crippen LogP contribution < -0.4 is 0 Å². The van der Waals surface area contributed by atoms with E-state index < -0.39 is 11.7 Å². The predicted octanol–water partition coefficient (Wildman–Crippen LogP) is 3.00. The van der Waals surface area contributed by atoms with Gasteiger partial charge >= 0.3 is 6.18 Å². The lowest BCUT2D eigenvalue weighted by molar-refractivity contribution is -0.137. The van der Waals surface area contributed by atoms with E-state index in [4.69, 9.17) is 0 Å². The molecular weight excluding hydrogens is 205 g/mol. The zero-order valence-corrected chi connectivity index (χ0v) is 7.84. The molecule has 0 fully saturated rings. The van der Waals surface area contributed by atoms with Crippen LogP contribution in [0.1, 0.15) is 11.1 Å². The maximum atomic E-state index is 12.3. The van der Waals surface area contributed by atoms with E-state index in [1.807, 2.05) is 0 Å². The molecule has 4 heteroatoms. The van der Waals surface area contributed by atoms with Crippen molar-refractivity contribution in [1.29, 1.82) is 0 Å². The van der Waals surface area contributed by atoms with Crippen LogP contribution >= 0.6 is 0 Å². The van der Waals surface area contributed by atoms with Crippen molar-refractivity contribution >= 4 is 6.29 Å². The highest BCUT2D eigenvalue weighted by Crippen LogP contribution is 2.29. The molecule has 0 spiro atoms. The van der Waals surface area contributed by atoms with E-state index in [1.54, 1.807) is 0 Å². The third-order valence-electron chi connectivity index (χ3n) is 1.85. The Hall–Kier alpha value is -1.58. The summed E-state index contributed by atoms with van der Waals surface area (Å²) in [5.74, 6) is 0. The first-order valence-electron chi connectivity index (χ1n) is 4.22. The predicted molar refractivity (Wildman–Crippen MR) is 50.4 cm³/mol. The first-order chi connectivity index (χ1) is 6.93. The van der Waals surface area contributed by atoms with Gasteiger partial charge in [0, 0.05) is 6.42 Å². The fourth-order valence-corrected chi connectivity index (χ4v) is 1.16. The second-order valence-corrected chi connectivity index (χ2v) is 3.15. The van der Waals surface area contributed by atoms with Crippen molar-refractivity contribution in [1.82, 2.24) is 0 Å². The molecule has 0 aromatic heterocycles. The smallest absolute Gasteiger partial charge is 0.298 e. The van der Waals surface area contributed by atoms with Gasteiger partial charge in [0.1, 0.15) is 6.29 Å². The Bertz CT molecular complexity index is 380. The molecule has 0 aliphatic heterocycles. The number of halogens is 3. The van der Waals surface area contributed by atoms with Gasteiger partial charge in [0.15, 0.2) is 0 Å². The van der Waals surface area contributed by atoms with Gasteiger partial charge in [0.25, 0.3) is 0 Å². The lowest BCUT2D eigenvalue weighted by Crippen LogP contribution is -2.05. The Labute approximate surface area is 85.2 Å². The fourth-order valence-electron chi connectivity index (χ4n) is 1.16. The lowest BCUT2D eigenvalue weighted by Gasteiger charge is -2.08. The maximum Gasteiger partial charge on any atom is 0.416 e. The minimum absolute atomic E-state index is 0.146. The minimum Gasteiger partial charge on any atom is -0.298 e. The first-order valence-corrected chi connectivity index (χ1v) is 4.22. The molecule has 0 saturated carbocycles. The number of carbonyl (C=O) groups excluding carboxylic acids is 1. The van der Waals surface area contributed by atoms with Gasteiger partial charge in [-0.3, -0.25) is 4.79 Å². The summed E-state index contributed by atoms with van der Waals surface area (Å²) in [6.45, 7) is 3.41. The van der Waals surface area contributed by atoms with Gasteiger partial charge < -0.3 is 0 Å². The summed E-state index contributed by atoms with van der Waals surface area (Å²) in [5.41, 5.74) is -0.0186. The molecule has 1 aromatic carbocycles. The highest BCUT2D eigenvalue weighted by atomic mass is 19.4. The van der Waals surface area contributed by atoms with Crippen LogP contribution in [0.5, 0.6) is 0 Å². The number of hydrogen-bond donors (Lipinski definition) is 0. The summed E-state index contributed by atoms with van der Waals surface area (Å²) in [6.07, 6.45) is -3.66. The van der Waals surface area contributed by atoms with Gasteiger partial charge in [-0.1, -0.05) is 24.8 Å². The summed E-state index contributed by atoms with van der Waals surface area (Å²) in [5, 5.41) is 0. The molecule has 1 aromatic rings. The van der Waals surface area contributed by atoms with Crippen molar-refractivity contribution in [3.8, 4) is 0 Å². The monoisotopic (exact) mass is 214 g/mol. The van der Waals surface area contributed by atoms with Crippen molar-refractivity contribution in [2.45, 2.75) is 12.6 Å². The SMILES string of the molecule is C=C(C=O)Cc1cccc(C(F)(F)F)c1. The van der Waals surface area contributed by atoms with Gasteiger partial charge in [-0.05, 0) is 17.2 Å². The molecular formula is C11H9F3O. The molecule has 80 valence electrons. The van der Waals surface area contributed by atoms with Gasteiger partial charge in [-0.15, -0.1) is 0 Å². The van der Waals surface area contributed by atoms with E-state index in [0.717, 1.165) is 12.1 Å². The summed E-state index contributed by atoms with van der Waals surface area (Å²) >= 11 is 0. The summed E-state index contributed by atoms with van der Waals surface area (Å²) in [6, 6.07) is 4.86. The lowest BCUT2D eigenvalue weighted by atomic mass is 10.0. The van der Waals surface area contributed by atoms with Crippen LogP contribution in [0.25, 0.3) is 0 Å². The maximum absolute atomic E-state index is 12.3. The molecule has 0 heterocycles. The second kappa shape index (κ2) is 4.29. The van der Waals surface area contributed by atoms with E-state index >= 15 is 0 Å². The van der Waals surface area contributed by atoms with Crippen LogP contribution in [0.3, 0.4) is 0 Å². The average Bonchev–Trinajstić information content (AvgIpc) is 2.17. The van der Waals surface area contributed by atoms with Crippen molar-refractivity contribution in [2.24, 2.45) is 0 Å². The van der Waals surface area contributed by atoms with E-state index in [9.17, 15) is 18.0 Å². The molecule has 0 saturated heterocycles. The highest BCUT2D eigenvalue weighted by molar-refractivity contribution is 5.72. The third kappa shape index (κ3) is 3.23. The molecule has 1 rings (SSSR count). The molecule has 0 atom stereocenters. The number of hydrogen-bond acceptors (Lipinski definition) is 1. The Kier molecular flexibility index (Phi) is 3.29. The van der Waals surface area contributed by atoms with Crippen LogP contribution in [0.2, 0.25) is 0 Å². The molecule has 0 bridgehead atoms. The zero-order chi connectivity index (χ0) is 11.5. The Morgan fingerprint density at radius 3 is 2.60 bits per heavy atom. The summed E-state index contributed by atoms with van der Waals surface area (Å²) in [4.78, 5) is 10.3. The highest BCUT2D eigenvalue weighted by Gasteiger charge is 2.30. The molecule has 0 N–H and O–H groups in total.